The van der Waals surface area contributed by atoms with E-state index < -0.39 is 21.7 Å². The molecule has 5 nitrogen and oxygen atoms in total. The molecule has 0 aromatic heterocycles. The topological polar surface area (TPSA) is 57.7 Å². The van der Waals surface area contributed by atoms with Crippen molar-refractivity contribution in [2.24, 2.45) is 0 Å². The summed E-state index contributed by atoms with van der Waals surface area (Å²) in [7, 11) is -3.84. The summed E-state index contributed by atoms with van der Waals surface area (Å²) in [5, 5.41) is 0.0397. The van der Waals surface area contributed by atoms with Gasteiger partial charge in [-0.1, -0.05) is 49.7 Å². The zero-order valence-corrected chi connectivity index (χ0v) is 18.0. The number of hydrogen-bond acceptors (Lipinski definition) is 3. The van der Waals surface area contributed by atoms with Gasteiger partial charge >= 0.3 is 0 Å². The van der Waals surface area contributed by atoms with E-state index in [-0.39, 0.29) is 41.7 Å². The summed E-state index contributed by atoms with van der Waals surface area (Å²) in [6.45, 7) is 7.86. The molecule has 0 aliphatic rings. The Kier molecular flexibility index (Phi) is 7.96. The zero-order chi connectivity index (χ0) is 21.6. The van der Waals surface area contributed by atoms with E-state index >= 15 is 0 Å². The minimum atomic E-state index is -3.84. The van der Waals surface area contributed by atoms with Gasteiger partial charge < -0.3 is 4.90 Å². The quantitative estimate of drug-likeness (QED) is 0.547. The highest BCUT2D eigenvalue weighted by molar-refractivity contribution is 7.89. The third kappa shape index (κ3) is 5.23. The van der Waals surface area contributed by atoms with Crippen LogP contribution in [0.3, 0.4) is 0 Å². The van der Waals surface area contributed by atoms with Crippen molar-refractivity contribution in [2.75, 3.05) is 19.6 Å². The number of sulfonamides is 1. The van der Waals surface area contributed by atoms with Crippen LogP contribution in [0.4, 0.5) is 4.39 Å². The predicted octanol–water partition coefficient (Wildman–Crippen LogP) is 4.34. The summed E-state index contributed by atoms with van der Waals surface area (Å²) in [4.78, 5) is 14.3. The Morgan fingerprint density at radius 2 is 1.83 bits per heavy atom. The first-order chi connectivity index (χ1) is 13.8. The second-order valence-corrected chi connectivity index (χ2v) is 8.61. The molecule has 29 heavy (non-hydrogen) atoms. The second-order valence-electron chi connectivity index (χ2n) is 6.30. The largest absolute Gasteiger partial charge is 0.331 e. The Morgan fingerprint density at radius 3 is 2.41 bits per heavy atom. The molecule has 0 saturated heterocycles. The van der Waals surface area contributed by atoms with E-state index in [0.29, 0.717) is 5.56 Å². The zero-order valence-electron chi connectivity index (χ0n) is 16.4. The molecule has 2 rings (SSSR count). The van der Waals surface area contributed by atoms with Gasteiger partial charge in [-0.3, -0.25) is 4.79 Å². The fourth-order valence-corrected chi connectivity index (χ4v) is 4.89. The van der Waals surface area contributed by atoms with Crippen molar-refractivity contribution in [3.05, 3.63) is 77.1 Å². The molecule has 2 aromatic rings. The summed E-state index contributed by atoms with van der Waals surface area (Å²) in [5.41, 5.74) is 0.506. The number of hydrogen-bond donors (Lipinski definition) is 0. The molecular weight excluding hydrogens is 415 g/mol. The number of rotatable bonds is 9. The Labute approximate surface area is 176 Å². The average molecular weight is 439 g/mol. The van der Waals surface area contributed by atoms with Gasteiger partial charge in [0.25, 0.3) is 5.91 Å². The van der Waals surface area contributed by atoms with Gasteiger partial charge in [0.05, 0.1) is 5.02 Å². The average Bonchev–Trinajstić information content (AvgIpc) is 2.69. The minimum absolute atomic E-state index is 0.0261. The fourth-order valence-electron chi connectivity index (χ4n) is 2.93. The molecule has 0 unspecified atom stereocenters. The molecule has 0 aliphatic carbocycles. The number of halogens is 2. The maximum Gasteiger partial charge on any atom is 0.254 e. The van der Waals surface area contributed by atoms with Crippen LogP contribution >= 0.6 is 11.6 Å². The van der Waals surface area contributed by atoms with Crippen LogP contribution in [-0.4, -0.2) is 43.2 Å². The molecular formula is C21H24ClFN2O3S. The number of carbonyl (C=O) groups excluding carboxylic acids is 1. The fraction of sp³-hybridized carbons (Fsp3) is 0.286. The SMILES string of the molecule is C=CCN(Cc1ccccc1F)C(=O)c1ccc(Cl)c(S(=O)(=O)N(CC)CC)c1. The van der Waals surface area contributed by atoms with Gasteiger partial charge in [-0.15, -0.1) is 6.58 Å². The molecule has 0 aliphatic heterocycles. The van der Waals surface area contributed by atoms with Crippen LogP contribution in [0.2, 0.25) is 5.02 Å². The molecule has 0 spiro atoms. The van der Waals surface area contributed by atoms with Crippen molar-refractivity contribution in [1.29, 1.82) is 0 Å². The monoisotopic (exact) mass is 438 g/mol. The van der Waals surface area contributed by atoms with Gasteiger partial charge in [-0.05, 0) is 24.3 Å². The van der Waals surface area contributed by atoms with Gasteiger partial charge in [0, 0.05) is 37.3 Å². The summed E-state index contributed by atoms with van der Waals surface area (Å²) in [6, 6.07) is 10.3. The molecule has 0 bridgehead atoms. The minimum Gasteiger partial charge on any atom is -0.331 e. The first-order valence-corrected chi connectivity index (χ1v) is 11.0. The van der Waals surface area contributed by atoms with Crippen LogP contribution in [0.25, 0.3) is 0 Å². The van der Waals surface area contributed by atoms with Gasteiger partial charge in [0.2, 0.25) is 10.0 Å². The van der Waals surface area contributed by atoms with Crippen molar-refractivity contribution in [2.45, 2.75) is 25.3 Å². The molecule has 0 atom stereocenters. The third-order valence-electron chi connectivity index (χ3n) is 4.46. The Hall–Kier alpha value is -2.22. The smallest absolute Gasteiger partial charge is 0.254 e. The summed E-state index contributed by atoms with van der Waals surface area (Å²) in [6.07, 6.45) is 1.53. The normalized spacial score (nSPS) is 11.5. The number of amides is 1. The highest BCUT2D eigenvalue weighted by atomic mass is 35.5. The Morgan fingerprint density at radius 1 is 1.17 bits per heavy atom. The standard InChI is InChI=1S/C21H24ClFN2O3S/c1-4-13-24(15-17-9-7-8-10-19(17)23)21(26)16-11-12-18(22)20(14-16)29(27,28)25(5-2)6-3/h4,7-12,14H,1,5-6,13,15H2,2-3H3. The predicted molar refractivity (Wildman–Crippen MR) is 113 cm³/mol. The van der Waals surface area contributed by atoms with Gasteiger partial charge in [0.1, 0.15) is 10.7 Å². The molecule has 0 saturated carbocycles. The first kappa shape index (κ1) is 23.1. The molecule has 2 aromatic carbocycles. The van der Waals surface area contributed by atoms with E-state index in [0.717, 1.165) is 0 Å². The van der Waals surface area contributed by atoms with Crippen LogP contribution in [0.1, 0.15) is 29.8 Å². The van der Waals surface area contributed by atoms with E-state index in [9.17, 15) is 17.6 Å². The molecule has 8 heteroatoms. The van der Waals surface area contributed by atoms with E-state index in [2.05, 4.69) is 6.58 Å². The van der Waals surface area contributed by atoms with E-state index in [1.807, 2.05) is 0 Å². The number of nitrogens with zero attached hydrogens (tertiary/aromatic N) is 2. The van der Waals surface area contributed by atoms with Crippen molar-refractivity contribution >= 4 is 27.5 Å². The van der Waals surface area contributed by atoms with E-state index in [4.69, 9.17) is 11.6 Å². The Bertz CT molecular complexity index is 991. The van der Waals surface area contributed by atoms with Gasteiger partial charge in [0.15, 0.2) is 0 Å². The lowest BCUT2D eigenvalue weighted by molar-refractivity contribution is 0.0761. The van der Waals surface area contributed by atoms with Crippen molar-refractivity contribution in [1.82, 2.24) is 9.21 Å². The van der Waals surface area contributed by atoms with Crippen molar-refractivity contribution < 1.29 is 17.6 Å². The lowest BCUT2D eigenvalue weighted by Crippen LogP contribution is -2.32. The van der Waals surface area contributed by atoms with Crippen LogP contribution in [-0.2, 0) is 16.6 Å². The third-order valence-corrected chi connectivity index (χ3v) is 6.99. The Balaban J connectivity index is 2.43. The maximum absolute atomic E-state index is 14.0. The van der Waals surface area contributed by atoms with Gasteiger partial charge in [-0.2, -0.15) is 4.31 Å². The van der Waals surface area contributed by atoms with E-state index in [1.165, 1.54) is 39.5 Å². The van der Waals surface area contributed by atoms with E-state index in [1.54, 1.807) is 32.0 Å². The number of benzene rings is 2. The lowest BCUT2D eigenvalue weighted by atomic mass is 10.1. The van der Waals surface area contributed by atoms with Crippen LogP contribution in [0.15, 0.2) is 60.0 Å². The molecule has 1 amide bonds. The van der Waals surface area contributed by atoms with Crippen LogP contribution in [0.5, 0.6) is 0 Å². The molecule has 0 radical (unpaired) electrons. The summed E-state index contributed by atoms with van der Waals surface area (Å²) in [5.74, 6) is -0.865. The molecule has 156 valence electrons. The van der Waals surface area contributed by atoms with Crippen LogP contribution < -0.4 is 0 Å². The molecule has 0 fully saturated rings. The van der Waals surface area contributed by atoms with Gasteiger partial charge in [-0.25, -0.2) is 12.8 Å². The van der Waals surface area contributed by atoms with Crippen LogP contribution in [0, 0.1) is 5.82 Å². The highest BCUT2D eigenvalue weighted by Gasteiger charge is 2.26. The second kappa shape index (κ2) is 10.0. The molecule has 0 heterocycles. The molecule has 0 N–H and O–H groups in total. The highest BCUT2D eigenvalue weighted by Crippen LogP contribution is 2.26. The number of carbonyl (C=O) groups is 1. The first-order valence-electron chi connectivity index (χ1n) is 9.19. The summed E-state index contributed by atoms with van der Waals surface area (Å²) < 4.78 is 41.0. The maximum atomic E-state index is 14.0. The lowest BCUT2D eigenvalue weighted by Gasteiger charge is -2.23. The summed E-state index contributed by atoms with van der Waals surface area (Å²) >= 11 is 6.14. The van der Waals surface area contributed by atoms with Crippen molar-refractivity contribution in [3.8, 4) is 0 Å². The van der Waals surface area contributed by atoms with Crippen molar-refractivity contribution in [3.63, 3.8) is 0 Å².